The predicted molar refractivity (Wildman–Crippen MR) is 75.7 cm³/mol. The van der Waals surface area contributed by atoms with E-state index in [0.29, 0.717) is 5.06 Å². The number of carbonyl (C=O) groups is 1. The highest BCUT2D eigenvalue weighted by Crippen LogP contribution is 2.30. The van der Waals surface area contributed by atoms with Crippen LogP contribution in [0.15, 0.2) is 16.1 Å². The zero-order valence-corrected chi connectivity index (χ0v) is 13.9. The van der Waals surface area contributed by atoms with E-state index in [1.807, 2.05) is 4.72 Å². The van der Waals surface area contributed by atoms with Crippen molar-refractivity contribution in [2.45, 2.75) is 30.1 Å². The number of sulfonamides is 1. The summed E-state index contributed by atoms with van der Waals surface area (Å²) in [5.74, 6) is -0.523. The summed E-state index contributed by atoms with van der Waals surface area (Å²) >= 11 is 0. The fourth-order valence-electron chi connectivity index (χ4n) is 2.67. The smallest absolute Gasteiger partial charge is 0.342 e. The van der Waals surface area contributed by atoms with Gasteiger partial charge >= 0.3 is 31.6 Å². The lowest BCUT2D eigenvalue weighted by Gasteiger charge is -2.30. The van der Waals surface area contributed by atoms with Gasteiger partial charge in [0.05, 0.1) is 12.1 Å². The summed E-state index contributed by atoms with van der Waals surface area (Å²) in [4.78, 5) is 16.7. The van der Waals surface area contributed by atoms with Crippen molar-refractivity contribution >= 4 is 32.3 Å². The topological polar surface area (TPSA) is 196 Å². The molecule has 14 nitrogen and oxygen atoms in total. The number of fused-ring (bicyclic) bond motifs is 2. The average Bonchev–Trinajstić information content (AvgIpc) is 3.11. The average molecular weight is 396 g/mol. The molecule has 2 aliphatic rings. The second-order valence-electron chi connectivity index (χ2n) is 5.24. The zero-order chi connectivity index (χ0) is 18.4. The summed E-state index contributed by atoms with van der Waals surface area (Å²) in [6, 6.07) is -2.51. The van der Waals surface area contributed by atoms with Gasteiger partial charge in [-0.3, -0.25) is 14.7 Å². The number of aromatic nitrogens is 2. The van der Waals surface area contributed by atoms with Gasteiger partial charge in [0, 0.05) is 6.54 Å². The van der Waals surface area contributed by atoms with Crippen molar-refractivity contribution in [3.63, 3.8) is 0 Å². The van der Waals surface area contributed by atoms with Gasteiger partial charge in [0.15, 0.2) is 0 Å². The molecule has 2 aliphatic heterocycles. The molecule has 138 valence electrons. The molecule has 0 aromatic carbocycles. The molecule has 2 bridgehead atoms. The Balaban J connectivity index is 1.75. The van der Waals surface area contributed by atoms with Gasteiger partial charge in [-0.25, -0.2) is 4.79 Å². The van der Waals surface area contributed by atoms with Crippen molar-refractivity contribution in [2.75, 3.05) is 6.54 Å². The monoisotopic (exact) mass is 396 g/mol. The minimum atomic E-state index is -4.89. The molecule has 1 aromatic rings. The van der Waals surface area contributed by atoms with Crippen molar-refractivity contribution in [1.82, 2.24) is 24.8 Å². The molecular formula is C9H12N6O8S2. The van der Waals surface area contributed by atoms with Gasteiger partial charge in [-0.2, -0.15) is 26.9 Å². The maximum Gasteiger partial charge on any atom is 0.418 e. The largest absolute Gasteiger partial charge is 0.418 e. The Morgan fingerprint density at radius 1 is 1.40 bits per heavy atom. The third-order valence-electron chi connectivity index (χ3n) is 3.66. The standard InChI is InChI=1S/C9H12N6O8S2/c10-7(13-24(17,18)8-11-4-22-12-8)6-2-1-5-3-14(6)9(16)15(5)23-25(19,20)21/h4-6H,1-3H2,(H2,10,13)(H,19,20,21). The van der Waals surface area contributed by atoms with Gasteiger partial charge in [0.2, 0.25) is 6.39 Å². The number of rotatable bonds is 5. The first-order chi connectivity index (χ1) is 11.6. The highest BCUT2D eigenvalue weighted by Gasteiger charge is 2.49. The second kappa shape index (κ2) is 5.90. The number of urea groups is 1. The molecule has 1 aromatic heterocycles. The van der Waals surface area contributed by atoms with Gasteiger partial charge in [-0.15, -0.1) is 4.28 Å². The number of hydrogen-bond acceptors (Lipinski definition) is 10. The number of amides is 2. The fourth-order valence-corrected chi connectivity index (χ4v) is 3.90. The summed E-state index contributed by atoms with van der Waals surface area (Å²) in [7, 11) is -9.14. The van der Waals surface area contributed by atoms with Crippen LogP contribution in [0.1, 0.15) is 12.8 Å². The zero-order valence-electron chi connectivity index (χ0n) is 12.3. The van der Waals surface area contributed by atoms with Gasteiger partial charge in [-0.05, 0) is 18.0 Å². The minimum absolute atomic E-state index is 0.00530. The van der Waals surface area contributed by atoms with Crippen LogP contribution in [0.25, 0.3) is 0 Å². The van der Waals surface area contributed by atoms with Crippen molar-refractivity contribution in [3.05, 3.63) is 6.39 Å². The minimum Gasteiger partial charge on any atom is -0.342 e. The highest BCUT2D eigenvalue weighted by atomic mass is 32.3. The number of nitrogens with one attached hydrogen (secondary N) is 2. The molecule has 0 spiro atoms. The lowest BCUT2D eigenvalue weighted by atomic mass is 10.0. The van der Waals surface area contributed by atoms with Gasteiger partial charge in [-0.1, -0.05) is 0 Å². The molecule has 2 saturated heterocycles. The number of hydrogen-bond donors (Lipinski definition) is 3. The first-order valence-corrected chi connectivity index (χ1v) is 9.58. The van der Waals surface area contributed by atoms with Crippen LogP contribution in [0.5, 0.6) is 0 Å². The Hall–Kier alpha value is -2.30. The summed E-state index contributed by atoms with van der Waals surface area (Å²) < 4.78 is 64.9. The number of piperidine rings is 1. The quantitative estimate of drug-likeness (QED) is 0.294. The maximum absolute atomic E-state index is 12.2. The second-order valence-corrected chi connectivity index (χ2v) is 7.82. The van der Waals surface area contributed by atoms with Crippen molar-refractivity contribution in [2.24, 2.45) is 0 Å². The van der Waals surface area contributed by atoms with Crippen LogP contribution in [0.3, 0.4) is 0 Å². The molecule has 0 radical (unpaired) electrons. The SMILES string of the molecule is N=C(NS(=O)(=O)c1ncon1)C1CCC2CN1C(=O)N2OS(=O)(=O)O. The normalized spacial score (nSPS) is 23.8. The maximum atomic E-state index is 12.2. The fraction of sp³-hybridized carbons (Fsp3) is 0.556. The van der Waals surface area contributed by atoms with E-state index >= 15 is 0 Å². The van der Waals surface area contributed by atoms with Crippen LogP contribution in [0.4, 0.5) is 4.79 Å². The molecule has 2 unspecified atom stereocenters. The summed E-state index contributed by atoms with van der Waals surface area (Å²) in [5.41, 5.74) is 0. The van der Waals surface area contributed by atoms with Gasteiger partial charge in [0.25, 0.3) is 0 Å². The molecule has 0 saturated carbocycles. The first kappa shape index (κ1) is 17.5. The molecular weight excluding hydrogens is 384 g/mol. The Kier molecular flexibility index (Phi) is 4.13. The molecule has 2 amide bonds. The van der Waals surface area contributed by atoms with Crippen LogP contribution in [0, 0.1) is 5.41 Å². The van der Waals surface area contributed by atoms with E-state index in [4.69, 9.17) is 9.96 Å². The predicted octanol–water partition coefficient (Wildman–Crippen LogP) is -1.67. The molecule has 25 heavy (non-hydrogen) atoms. The van der Waals surface area contributed by atoms with Crippen LogP contribution in [-0.4, -0.2) is 72.0 Å². The van der Waals surface area contributed by atoms with E-state index < -0.39 is 49.5 Å². The molecule has 16 heteroatoms. The van der Waals surface area contributed by atoms with Crippen LogP contribution >= 0.6 is 0 Å². The van der Waals surface area contributed by atoms with E-state index in [1.165, 1.54) is 0 Å². The number of hydroxylamine groups is 2. The summed E-state index contributed by atoms with van der Waals surface area (Å²) in [6.45, 7) is 0.00530. The Morgan fingerprint density at radius 3 is 2.72 bits per heavy atom. The number of amidine groups is 1. The van der Waals surface area contributed by atoms with E-state index in [-0.39, 0.29) is 19.4 Å². The van der Waals surface area contributed by atoms with Gasteiger partial charge in [0.1, 0.15) is 5.84 Å². The number of nitrogens with zero attached hydrogens (tertiary/aromatic N) is 4. The summed E-state index contributed by atoms with van der Waals surface area (Å²) in [5, 5.41) is 10.9. The third kappa shape index (κ3) is 3.41. The van der Waals surface area contributed by atoms with Crippen LogP contribution < -0.4 is 4.72 Å². The molecule has 2 fully saturated rings. The molecule has 3 rings (SSSR count). The molecule has 2 atom stereocenters. The Bertz CT molecular complexity index is 897. The van der Waals surface area contributed by atoms with E-state index in [0.717, 1.165) is 11.3 Å². The molecule has 3 heterocycles. The van der Waals surface area contributed by atoms with Crippen molar-refractivity contribution < 1.29 is 35.0 Å². The summed E-state index contributed by atoms with van der Waals surface area (Å²) in [6.07, 6.45) is 1.21. The van der Waals surface area contributed by atoms with E-state index in [9.17, 15) is 21.6 Å². The van der Waals surface area contributed by atoms with Crippen molar-refractivity contribution in [1.29, 1.82) is 5.41 Å². The van der Waals surface area contributed by atoms with Gasteiger partial charge < -0.3 is 9.42 Å². The van der Waals surface area contributed by atoms with Crippen molar-refractivity contribution in [3.8, 4) is 0 Å². The Labute approximate surface area is 141 Å². The number of carbonyl (C=O) groups excluding carboxylic acids is 1. The van der Waals surface area contributed by atoms with E-state index in [1.54, 1.807) is 0 Å². The van der Waals surface area contributed by atoms with E-state index in [2.05, 4.69) is 18.9 Å². The lowest BCUT2D eigenvalue weighted by molar-refractivity contribution is -0.0316. The molecule has 0 aliphatic carbocycles. The highest BCUT2D eigenvalue weighted by molar-refractivity contribution is 7.89. The molecule has 3 N–H and O–H groups in total. The first-order valence-electron chi connectivity index (χ1n) is 6.73. The Morgan fingerprint density at radius 2 is 2.12 bits per heavy atom. The van der Waals surface area contributed by atoms with Crippen LogP contribution in [0.2, 0.25) is 0 Å². The lowest BCUT2D eigenvalue weighted by Crippen LogP contribution is -2.50. The third-order valence-corrected chi connectivity index (χ3v) is 5.15. The van der Waals surface area contributed by atoms with Crippen LogP contribution in [-0.2, 0) is 24.7 Å².